The van der Waals surface area contributed by atoms with E-state index in [1.54, 1.807) is 0 Å². The minimum Gasteiger partial charge on any atom is -0.379 e. The summed E-state index contributed by atoms with van der Waals surface area (Å²) in [6.45, 7) is 19.7. The first-order chi connectivity index (χ1) is 9.61. The van der Waals surface area contributed by atoms with Crippen LogP contribution in [0, 0.1) is 0 Å². The average Bonchev–Trinajstić information content (AvgIpc) is 2.51. The predicted octanol–water partition coefficient (Wildman–Crippen LogP) is 3.63. The van der Waals surface area contributed by atoms with E-state index in [2.05, 4.69) is 37.5 Å². The smallest absolute Gasteiger partial charge is 0.0594 e. The number of ether oxygens (including phenoxy) is 1. The standard InChI is InChI=1S/C8H17N.C7H15NO.C2H6/c1-8(2)9-6-4-3-5-7-9;1-7(2)8-3-5-9-6-4-8;1-2/h8H,3-7H2,1-2H3;7H,3-6H2,1-2H3;1-2H3. The number of piperidine rings is 1. The third kappa shape index (κ3) is 8.93. The lowest BCUT2D eigenvalue weighted by Crippen LogP contribution is -2.40. The van der Waals surface area contributed by atoms with Gasteiger partial charge in [-0.05, 0) is 53.6 Å². The quantitative estimate of drug-likeness (QED) is 0.771. The summed E-state index contributed by atoms with van der Waals surface area (Å²) in [6.07, 6.45) is 4.28. The van der Waals surface area contributed by atoms with Gasteiger partial charge in [0.2, 0.25) is 0 Å². The van der Waals surface area contributed by atoms with Crippen molar-refractivity contribution in [3.8, 4) is 0 Å². The van der Waals surface area contributed by atoms with Crippen LogP contribution in [0.3, 0.4) is 0 Å². The fraction of sp³-hybridized carbons (Fsp3) is 1.00. The number of nitrogens with zero attached hydrogens (tertiary/aromatic N) is 2. The van der Waals surface area contributed by atoms with Crippen molar-refractivity contribution in [2.75, 3.05) is 39.4 Å². The van der Waals surface area contributed by atoms with Crippen LogP contribution in [0.2, 0.25) is 0 Å². The van der Waals surface area contributed by atoms with Crippen molar-refractivity contribution in [2.24, 2.45) is 0 Å². The number of morpholine rings is 1. The van der Waals surface area contributed by atoms with Gasteiger partial charge in [0, 0.05) is 25.2 Å². The second kappa shape index (κ2) is 12.6. The van der Waals surface area contributed by atoms with Crippen molar-refractivity contribution in [3.05, 3.63) is 0 Å². The van der Waals surface area contributed by atoms with Crippen molar-refractivity contribution in [2.45, 2.75) is 72.9 Å². The molecular weight excluding hydrogens is 248 g/mol. The molecule has 0 aromatic carbocycles. The molecule has 0 aromatic heterocycles. The van der Waals surface area contributed by atoms with Crippen LogP contribution < -0.4 is 0 Å². The average molecular weight is 287 g/mol. The Labute approximate surface area is 127 Å². The van der Waals surface area contributed by atoms with Gasteiger partial charge in [0.1, 0.15) is 0 Å². The lowest BCUT2D eigenvalue weighted by Gasteiger charge is -2.29. The number of likely N-dealkylation sites (tertiary alicyclic amines) is 1. The molecule has 2 aliphatic heterocycles. The Kier molecular flexibility index (Phi) is 12.5. The highest BCUT2D eigenvalue weighted by Crippen LogP contribution is 2.10. The first kappa shape index (κ1) is 19.9. The molecule has 2 fully saturated rings. The van der Waals surface area contributed by atoms with Crippen LogP contribution in [-0.4, -0.2) is 61.3 Å². The van der Waals surface area contributed by atoms with E-state index in [1.165, 1.54) is 32.4 Å². The molecule has 2 heterocycles. The van der Waals surface area contributed by atoms with E-state index < -0.39 is 0 Å². The Hall–Kier alpha value is -0.120. The summed E-state index contributed by atoms with van der Waals surface area (Å²) in [7, 11) is 0. The van der Waals surface area contributed by atoms with Gasteiger partial charge in [0.25, 0.3) is 0 Å². The van der Waals surface area contributed by atoms with Crippen LogP contribution in [0.5, 0.6) is 0 Å². The molecule has 2 rings (SSSR count). The van der Waals surface area contributed by atoms with E-state index in [0.29, 0.717) is 6.04 Å². The van der Waals surface area contributed by atoms with Crippen LogP contribution in [0.15, 0.2) is 0 Å². The molecule has 3 nitrogen and oxygen atoms in total. The molecule has 0 saturated carbocycles. The molecule has 2 saturated heterocycles. The molecular formula is C17H38N2O. The molecule has 0 bridgehead atoms. The SMILES string of the molecule is CC.CC(C)N1CCCCC1.CC(C)N1CCOCC1. The second-order valence-corrected chi connectivity index (χ2v) is 5.93. The van der Waals surface area contributed by atoms with Crippen LogP contribution in [0.1, 0.15) is 60.8 Å². The summed E-state index contributed by atoms with van der Waals surface area (Å²) in [5, 5.41) is 0. The maximum absolute atomic E-state index is 5.21. The summed E-state index contributed by atoms with van der Waals surface area (Å²) in [5.74, 6) is 0. The van der Waals surface area contributed by atoms with E-state index in [9.17, 15) is 0 Å². The van der Waals surface area contributed by atoms with Gasteiger partial charge in [0.05, 0.1) is 13.2 Å². The van der Waals surface area contributed by atoms with E-state index in [1.807, 2.05) is 13.8 Å². The first-order valence-corrected chi connectivity index (χ1v) is 8.67. The third-order valence-corrected chi connectivity index (χ3v) is 3.90. The lowest BCUT2D eigenvalue weighted by molar-refractivity contribution is 0.0238. The molecule has 0 atom stereocenters. The number of hydrogen-bond acceptors (Lipinski definition) is 3. The van der Waals surface area contributed by atoms with Crippen LogP contribution in [-0.2, 0) is 4.74 Å². The molecule has 0 aromatic rings. The summed E-state index contributed by atoms with van der Waals surface area (Å²) in [4.78, 5) is 4.99. The Morgan fingerprint density at radius 3 is 1.35 bits per heavy atom. The second-order valence-electron chi connectivity index (χ2n) is 5.93. The fourth-order valence-corrected chi connectivity index (χ4v) is 2.53. The van der Waals surface area contributed by atoms with Gasteiger partial charge in [-0.2, -0.15) is 0 Å². The van der Waals surface area contributed by atoms with E-state index in [0.717, 1.165) is 32.3 Å². The minimum absolute atomic E-state index is 0.689. The molecule has 0 unspecified atom stereocenters. The minimum atomic E-state index is 0.689. The molecule has 0 radical (unpaired) electrons. The Bertz CT molecular complexity index is 173. The zero-order valence-electron chi connectivity index (χ0n) is 14.8. The zero-order valence-corrected chi connectivity index (χ0v) is 14.8. The predicted molar refractivity (Wildman–Crippen MR) is 89.4 cm³/mol. The van der Waals surface area contributed by atoms with E-state index >= 15 is 0 Å². The highest BCUT2D eigenvalue weighted by Gasteiger charge is 2.12. The Morgan fingerprint density at radius 2 is 1.05 bits per heavy atom. The largest absolute Gasteiger partial charge is 0.379 e. The summed E-state index contributed by atoms with van der Waals surface area (Å²) < 4.78 is 5.21. The monoisotopic (exact) mass is 286 g/mol. The Morgan fingerprint density at radius 1 is 0.650 bits per heavy atom. The molecule has 0 spiro atoms. The summed E-state index contributed by atoms with van der Waals surface area (Å²) in [5.41, 5.74) is 0. The maximum atomic E-state index is 5.21. The molecule has 0 aliphatic carbocycles. The highest BCUT2D eigenvalue weighted by atomic mass is 16.5. The summed E-state index contributed by atoms with van der Waals surface area (Å²) in [6, 6.07) is 1.46. The molecule has 2 aliphatic rings. The number of rotatable bonds is 2. The third-order valence-electron chi connectivity index (χ3n) is 3.90. The van der Waals surface area contributed by atoms with Crippen molar-refractivity contribution >= 4 is 0 Å². The topological polar surface area (TPSA) is 15.7 Å². The first-order valence-electron chi connectivity index (χ1n) is 8.67. The maximum Gasteiger partial charge on any atom is 0.0594 e. The molecule has 0 amide bonds. The van der Waals surface area contributed by atoms with Gasteiger partial charge in [-0.3, -0.25) is 4.90 Å². The fourth-order valence-electron chi connectivity index (χ4n) is 2.53. The normalized spacial score (nSPS) is 21.0. The van der Waals surface area contributed by atoms with Crippen LogP contribution in [0.25, 0.3) is 0 Å². The highest BCUT2D eigenvalue weighted by molar-refractivity contribution is 4.67. The van der Waals surface area contributed by atoms with Gasteiger partial charge >= 0.3 is 0 Å². The summed E-state index contributed by atoms with van der Waals surface area (Å²) >= 11 is 0. The van der Waals surface area contributed by atoms with E-state index in [-0.39, 0.29) is 0 Å². The van der Waals surface area contributed by atoms with Crippen molar-refractivity contribution in [1.29, 1.82) is 0 Å². The molecule has 0 N–H and O–H groups in total. The van der Waals surface area contributed by atoms with Crippen LogP contribution >= 0.6 is 0 Å². The zero-order chi connectivity index (χ0) is 15.4. The molecule has 122 valence electrons. The van der Waals surface area contributed by atoms with Gasteiger partial charge in [0.15, 0.2) is 0 Å². The Balaban J connectivity index is 0.000000321. The van der Waals surface area contributed by atoms with Gasteiger partial charge in [-0.1, -0.05) is 20.3 Å². The van der Waals surface area contributed by atoms with Gasteiger partial charge in [-0.15, -0.1) is 0 Å². The molecule has 20 heavy (non-hydrogen) atoms. The van der Waals surface area contributed by atoms with Gasteiger partial charge in [-0.25, -0.2) is 0 Å². The van der Waals surface area contributed by atoms with Crippen molar-refractivity contribution < 1.29 is 4.74 Å². The van der Waals surface area contributed by atoms with E-state index in [4.69, 9.17) is 4.74 Å². The van der Waals surface area contributed by atoms with Crippen LogP contribution in [0.4, 0.5) is 0 Å². The molecule has 3 heteroatoms. The number of hydrogen-bond donors (Lipinski definition) is 0. The van der Waals surface area contributed by atoms with Crippen molar-refractivity contribution in [3.63, 3.8) is 0 Å². The lowest BCUT2D eigenvalue weighted by atomic mass is 10.1. The van der Waals surface area contributed by atoms with Gasteiger partial charge < -0.3 is 9.64 Å². The van der Waals surface area contributed by atoms with Crippen molar-refractivity contribution in [1.82, 2.24) is 9.80 Å².